The van der Waals surface area contributed by atoms with Crippen LogP contribution in [0.15, 0.2) is 12.2 Å². The zero-order valence-electron chi connectivity index (χ0n) is 8.74. The largest absolute Gasteiger partial charge is 0.389 e. The van der Waals surface area contributed by atoms with Gasteiger partial charge in [0, 0.05) is 0 Å². The van der Waals surface area contributed by atoms with Crippen LogP contribution < -0.4 is 0 Å². The van der Waals surface area contributed by atoms with E-state index in [1.54, 1.807) is 0 Å². The van der Waals surface area contributed by atoms with Crippen molar-refractivity contribution in [2.24, 2.45) is 5.92 Å². The van der Waals surface area contributed by atoms with E-state index in [1.165, 1.54) is 6.42 Å². The topological polar surface area (TPSA) is 23.5 Å². The van der Waals surface area contributed by atoms with E-state index in [4.69, 9.17) is 0 Å². The summed E-state index contributed by atoms with van der Waals surface area (Å²) in [5, 5.41) is 9.28. The number of aliphatic hydroxyl groups is 1. The van der Waals surface area contributed by atoms with Gasteiger partial charge in [-0.2, -0.15) is 0 Å². The van der Waals surface area contributed by atoms with E-state index in [0.29, 0.717) is 5.92 Å². The summed E-state index contributed by atoms with van der Waals surface area (Å²) >= 11 is 0. The second kappa shape index (κ2) is 5.40. The Kier molecular flexibility index (Phi) is 4.46. The summed E-state index contributed by atoms with van der Waals surface area (Å²) in [7, 11) is 0. The van der Waals surface area contributed by atoms with Gasteiger partial charge in [-0.25, -0.2) is 0 Å². The van der Waals surface area contributed by atoms with Crippen molar-refractivity contribution in [1.82, 2.24) is 4.90 Å². The fraction of sp³-hybridized carbons (Fsp3) is 0.818. The van der Waals surface area contributed by atoms with Crippen LogP contribution in [0.4, 0.5) is 0 Å². The van der Waals surface area contributed by atoms with Gasteiger partial charge >= 0.3 is 0 Å². The Bertz CT molecular complexity index is 163. The van der Waals surface area contributed by atoms with E-state index in [-0.39, 0.29) is 6.10 Å². The molecule has 0 saturated carbocycles. The molecule has 2 nitrogen and oxygen atoms in total. The third kappa shape index (κ3) is 3.49. The smallest absolute Gasteiger partial charge is 0.0726 e. The van der Waals surface area contributed by atoms with Crippen LogP contribution >= 0.6 is 0 Å². The second-order valence-corrected chi connectivity index (χ2v) is 3.76. The van der Waals surface area contributed by atoms with Crippen LogP contribution in [0, 0.1) is 5.92 Å². The molecule has 0 aromatic heterocycles. The molecule has 13 heavy (non-hydrogen) atoms. The third-order valence-electron chi connectivity index (χ3n) is 2.86. The van der Waals surface area contributed by atoms with Gasteiger partial charge < -0.3 is 10.0 Å². The molecule has 0 heterocycles. The summed E-state index contributed by atoms with van der Waals surface area (Å²) in [5.74, 6) is 0.607. The summed E-state index contributed by atoms with van der Waals surface area (Å²) in [4.78, 5) is 2.43. The number of hydrogen-bond donors (Lipinski definition) is 1. The molecule has 1 rings (SSSR count). The van der Waals surface area contributed by atoms with Crippen molar-refractivity contribution >= 4 is 0 Å². The Morgan fingerprint density at radius 1 is 1.31 bits per heavy atom. The zero-order valence-corrected chi connectivity index (χ0v) is 8.74. The lowest BCUT2D eigenvalue weighted by Gasteiger charge is -2.19. The first-order valence-electron chi connectivity index (χ1n) is 5.35. The molecule has 2 atom stereocenters. The Morgan fingerprint density at radius 3 is 2.46 bits per heavy atom. The summed E-state index contributed by atoms with van der Waals surface area (Å²) in [6, 6.07) is 0. The highest BCUT2D eigenvalue weighted by molar-refractivity contribution is 5.02. The van der Waals surface area contributed by atoms with E-state index in [1.807, 2.05) is 6.08 Å². The summed E-state index contributed by atoms with van der Waals surface area (Å²) < 4.78 is 0. The van der Waals surface area contributed by atoms with Gasteiger partial charge in [0.2, 0.25) is 0 Å². The highest BCUT2D eigenvalue weighted by atomic mass is 16.3. The SMILES string of the molecule is CCN(CC)CC[C@H]1C=C[C@@H](O)C1. The number of aliphatic hydroxyl groups excluding tert-OH is 1. The highest BCUT2D eigenvalue weighted by Crippen LogP contribution is 2.21. The van der Waals surface area contributed by atoms with Crippen molar-refractivity contribution in [1.29, 1.82) is 0 Å². The minimum Gasteiger partial charge on any atom is -0.389 e. The van der Waals surface area contributed by atoms with E-state index in [2.05, 4.69) is 24.8 Å². The molecule has 0 bridgehead atoms. The predicted molar refractivity (Wildman–Crippen MR) is 55.7 cm³/mol. The average Bonchev–Trinajstić information content (AvgIpc) is 2.53. The molecule has 0 spiro atoms. The maximum Gasteiger partial charge on any atom is 0.0726 e. The molecule has 1 aliphatic rings. The van der Waals surface area contributed by atoms with E-state index in [9.17, 15) is 5.11 Å². The summed E-state index contributed by atoms with van der Waals surface area (Å²) in [6.07, 6.45) is 6.03. The zero-order chi connectivity index (χ0) is 9.68. The van der Waals surface area contributed by atoms with Crippen molar-refractivity contribution < 1.29 is 5.11 Å². The van der Waals surface area contributed by atoms with Gasteiger partial charge in [0.15, 0.2) is 0 Å². The Morgan fingerprint density at radius 2 is 2.00 bits per heavy atom. The first-order chi connectivity index (χ1) is 6.26. The van der Waals surface area contributed by atoms with Gasteiger partial charge in [-0.05, 0) is 38.4 Å². The molecule has 0 unspecified atom stereocenters. The van der Waals surface area contributed by atoms with Crippen molar-refractivity contribution in [3.8, 4) is 0 Å². The van der Waals surface area contributed by atoms with E-state index < -0.39 is 0 Å². The van der Waals surface area contributed by atoms with Crippen molar-refractivity contribution in [2.75, 3.05) is 19.6 Å². The fourth-order valence-corrected chi connectivity index (χ4v) is 1.86. The lowest BCUT2D eigenvalue weighted by Crippen LogP contribution is -2.25. The van der Waals surface area contributed by atoms with Crippen LogP contribution in [0.5, 0.6) is 0 Å². The molecular formula is C11H21NO. The summed E-state index contributed by atoms with van der Waals surface area (Å²) in [6.45, 7) is 7.82. The molecule has 0 aromatic carbocycles. The molecule has 0 fully saturated rings. The number of hydrogen-bond acceptors (Lipinski definition) is 2. The van der Waals surface area contributed by atoms with Crippen LogP contribution in [-0.4, -0.2) is 35.7 Å². The molecule has 1 N–H and O–H groups in total. The lowest BCUT2D eigenvalue weighted by atomic mass is 10.0. The second-order valence-electron chi connectivity index (χ2n) is 3.76. The first kappa shape index (κ1) is 10.7. The Balaban J connectivity index is 2.15. The van der Waals surface area contributed by atoms with Crippen molar-refractivity contribution in [2.45, 2.75) is 32.8 Å². The van der Waals surface area contributed by atoms with Crippen LogP contribution in [0.25, 0.3) is 0 Å². The predicted octanol–water partition coefficient (Wildman–Crippen LogP) is 1.66. The maximum atomic E-state index is 9.28. The molecule has 0 aliphatic heterocycles. The van der Waals surface area contributed by atoms with Crippen molar-refractivity contribution in [3.05, 3.63) is 12.2 Å². The molecule has 0 radical (unpaired) electrons. The Labute approximate surface area is 81.2 Å². The molecule has 1 aliphatic carbocycles. The van der Waals surface area contributed by atoms with Crippen molar-refractivity contribution in [3.63, 3.8) is 0 Å². The minimum atomic E-state index is -0.179. The first-order valence-corrected chi connectivity index (χ1v) is 5.35. The standard InChI is InChI=1S/C11H21NO/c1-3-12(4-2)8-7-10-5-6-11(13)9-10/h5-6,10-11,13H,3-4,7-9H2,1-2H3/t10-,11-/m1/s1. The van der Waals surface area contributed by atoms with Gasteiger partial charge in [-0.15, -0.1) is 0 Å². The molecule has 0 aromatic rings. The molecule has 0 amide bonds. The quantitative estimate of drug-likeness (QED) is 0.655. The number of allylic oxidation sites excluding steroid dienone is 1. The molecule has 2 heteroatoms. The van der Waals surface area contributed by atoms with Gasteiger partial charge in [0.05, 0.1) is 6.10 Å². The fourth-order valence-electron chi connectivity index (χ4n) is 1.86. The third-order valence-corrected chi connectivity index (χ3v) is 2.86. The van der Waals surface area contributed by atoms with Gasteiger partial charge in [0.25, 0.3) is 0 Å². The monoisotopic (exact) mass is 183 g/mol. The number of rotatable bonds is 5. The van der Waals surface area contributed by atoms with Gasteiger partial charge in [0.1, 0.15) is 0 Å². The van der Waals surface area contributed by atoms with Crippen LogP contribution in [-0.2, 0) is 0 Å². The molecule has 76 valence electrons. The normalized spacial score (nSPS) is 27.4. The van der Waals surface area contributed by atoms with Crippen LogP contribution in [0.2, 0.25) is 0 Å². The Hall–Kier alpha value is -0.340. The van der Waals surface area contributed by atoms with E-state index in [0.717, 1.165) is 26.1 Å². The van der Waals surface area contributed by atoms with Gasteiger partial charge in [-0.3, -0.25) is 0 Å². The summed E-state index contributed by atoms with van der Waals surface area (Å²) in [5.41, 5.74) is 0. The van der Waals surface area contributed by atoms with Gasteiger partial charge in [-0.1, -0.05) is 26.0 Å². The minimum absolute atomic E-state index is 0.179. The number of nitrogens with zero attached hydrogens (tertiary/aromatic N) is 1. The van der Waals surface area contributed by atoms with Crippen LogP contribution in [0.1, 0.15) is 26.7 Å². The van der Waals surface area contributed by atoms with Crippen LogP contribution in [0.3, 0.4) is 0 Å². The lowest BCUT2D eigenvalue weighted by molar-refractivity contribution is 0.201. The van der Waals surface area contributed by atoms with E-state index >= 15 is 0 Å². The highest BCUT2D eigenvalue weighted by Gasteiger charge is 2.16. The molecular weight excluding hydrogens is 162 g/mol. The average molecular weight is 183 g/mol. The maximum absolute atomic E-state index is 9.28. The molecule has 0 saturated heterocycles.